The first-order valence-corrected chi connectivity index (χ1v) is 11.9. The molecule has 3 aromatic rings. The van der Waals surface area contributed by atoms with E-state index in [4.69, 9.17) is 11.6 Å². The van der Waals surface area contributed by atoms with E-state index in [0.717, 1.165) is 16.3 Å². The molecule has 1 amide bonds. The Labute approximate surface area is 198 Å². The number of carbonyl (C=O) groups excluding carboxylic acids is 2. The minimum Gasteiger partial charge on any atom is -0.465 e. The summed E-state index contributed by atoms with van der Waals surface area (Å²) in [5.74, 6) is -1.22. The minimum atomic E-state index is -4.03. The third-order valence-corrected chi connectivity index (χ3v) is 7.03. The molecular weight excluding hydrogens is 464 g/mol. The van der Waals surface area contributed by atoms with Gasteiger partial charge in [-0.15, -0.1) is 0 Å². The maximum Gasteiger partial charge on any atom is 0.337 e. The van der Waals surface area contributed by atoms with Gasteiger partial charge in [-0.1, -0.05) is 48.9 Å². The normalized spacial score (nSPS) is 11.0. The first-order chi connectivity index (χ1) is 15.8. The second-order valence-corrected chi connectivity index (χ2v) is 9.35. The lowest BCUT2D eigenvalue weighted by Crippen LogP contribution is -2.38. The largest absolute Gasteiger partial charge is 0.465 e. The summed E-state index contributed by atoms with van der Waals surface area (Å²) in [6, 6.07) is 19.1. The molecular formula is C24H23ClN2O5S. The maximum atomic E-state index is 13.4. The fourth-order valence-corrected chi connectivity index (χ4v) is 4.73. The second-order valence-electron chi connectivity index (χ2n) is 7.08. The van der Waals surface area contributed by atoms with Crippen LogP contribution in [0, 0.1) is 0 Å². The lowest BCUT2D eigenvalue weighted by Gasteiger charge is -2.24. The van der Waals surface area contributed by atoms with Gasteiger partial charge >= 0.3 is 5.97 Å². The van der Waals surface area contributed by atoms with E-state index >= 15 is 0 Å². The molecule has 9 heteroatoms. The predicted octanol–water partition coefficient (Wildman–Crippen LogP) is 4.52. The zero-order chi connectivity index (χ0) is 24.0. The van der Waals surface area contributed by atoms with Crippen molar-refractivity contribution in [2.24, 2.45) is 0 Å². The van der Waals surface area contributed by atoms with E-state index in [0.29, 0.717) is 5.69 Å². The highest BCUT2D eigenvalue weighted by molar-refractivity contribution is 7.92. The van der Waals surface area contributed by atoms with Crippen LogP contribution >= 0.6 is 11.6 Å². The van der Waals surface area contributed by atoms with E-state index in [1.54, 1.807) is 30.3 Å². The van der Waals surface area contributed by atoms with Crippen LogP contribution in [-0.2, 0) is 26.0 Å². The van der Waals surface area contributed by atoms with Crippen LogP contribution in [0.2, 0.25) is 5.02 Å². The Bertz CT molecular complexity index is 1250. The van der Waals surface area contributed by atoms with Crippen molar-refractivity contribution in [3.63, 3.8) is 0 Å². The summed E-state index contributed by atoms with van der Waals surface area (Å²) in [6.07, 6.45) is 0.793. The van der Waals surface area contributed by atoms with E-state index in [1.807, 2.05) is 19.1 Å². The van der Waals surface area contributed by atoms with E-state index in [-0.39, 0.29) is 21.2 Å². The van der Waals surface area contributed by atoms with Gasteiger partial charge < -0.3 is 10.1 Å². The monoisotopic (exact) mass is 486 g/mol. The lowest BCUT2D eigenvalue weighted by atomic mass is 10.1. The highest BCUT2D eigenvalue weighted by atomic mass is 35.5. The molecule has 0 aliphatic rings. The van der Waals surface area contributed by atoms with Gasteiger partial charge in [0.05, 0.1) is 34.0 Å². The van der Waals surface area contributed by atoms with Crippen LogP contribution in [0.15, 0.2) is 77.7 Å². The first-order valence-electron chi connectivity index (χ1n) is 10.1. The summed E-state index contributed by atoms with van der Waals surface area (Å²) in [5, 5.41) is 2.79. The summed E-state index contributed by atoms with van der Waals surface area (Å²) >= 11 is 6.16. The Hall–Kier alpha value is -3.36. The van der Waals surface area contributed by atoms with Crippen molar-refractivity contribution in [3.05, 3.63) is 88.9 Å². The smallest absolute Gasteiger partial charge is 0.337 e. The Balaban J connectivity index is 1.93. The molecule has 0 radical (unpaired) electrons. The molecule has 0 spiro atoms. The molecule has 172 valence electrons. The molecule has 0 bridgehead atoms. The van der Waals surface area contributed by atoms with Crippen LogP contribution in [-0.4, -0.2) is 33.9 Å². The number of ether oxygens (including phenoxy) is 1. The van der Waals surface area contributed by atoms with Crippen molar-refractivity contribution >= 4 is 44.9 Å². The number of nitrogens with one attached hydrogen (secondary N) is 1. The molecule has 0 aliphatic heterocycles. The Morgan fingerprint density at radius 2 is 1.67 bits per heavy atom. The van der Waals surface area contributed by atoms with Crippen LogP contribution in [0.25, 0.3) is 0 Å². The van der Waals surface area contributed by atoms with Crippen molar-refractivity contribution in [2.45, 2.75) is 18.2 Å². The number of benzene rings is 3. The number of sulfonamides is 1. The molecule has 0 unspecified atom stereocenters. The number of carbonyl (C=O) groups is 2. The fourth-order valence-electron chi connectivity index (χ4n) is 3.12. The average Bonchev–Trinajstić information content (AvgIpc) is 2.84. The van der Waals surface area contributed by atoms with E-state index < -0.39 is 28.4 Å². The Morgan fingerprint density at radius 1 is 1.00 bits per heavy atom. The number of nitrogens with zero attached hydrogens (tertiary/aromatic N) is 1. The molecule has 0 saturated carbocycles. The molecule has 33 heavy (non-hydrogen) atoms. The number of hydrogen-bond acceptors (Lipinski definition) is 5. The Morgan fingerprint density at radius 3 is 2.27 bits per heavy atom. The summed E-state index contributed by atoms with van der Waals surface area (Å²) in [4.78, 5) is 24.8. The molecule has 0 atom stereocenters. The van der Waals surface area contributed by atoms with Gasteiger partial charge in [-0.05, 0) is 54.4 Å². The molecule has 0 heterocycles. The van der Waals surface area contributed by atoms with Crippen molar-refractivity contribution in [1.29, 1.82) is 0 Å². The third-order valence-electron chi connectivity index (χ3n) is 4.91. The first kappa shape index (κ1) is 24.3. The predicted molar refractivity (Wildman–Crippen MR) is 128 cm³/mol. The second kappa shape index (κ2) is 10.5. The fraction of sp³-hybridized carbons (Fsp3) is 0.167. The standard InChI is InChI=1S/C24H23ClN2O5S/c1-3-17-9-12-19(13-10-17)27(33(30,31)20-7-5-4-6-8-20)16-23(28)26-22-15-18(24(29)32-2)11-14-21(22)25/h4-15H,3,16H2,1-2H3,(H,26,28). The molecule has 7 nitrogen and oxygen atoms in total. The van der Waals surface area contributed by atoms with Gasteiger partial charge in [0.1, 0.15) is 6.54 Å². The van der Waals surface area contributed by atoms with E-state index in [1.165, 1.54) is 37.4 Å². The molecule has 0 fully saturated rings. The highest BCUT2D eigenvalue weighted by Gasteiger charge is 2.27. The number of anilines is 2. The Kier molecular flexibility index (Phi) is 7.73. The topological polar surface area (TPSA) is 92.8 Å². The summed E-state index contributed by atoms with van der Waals surface area (Å²) in [7, 11) is -2.79. The van der Waals surface area contributed by atoms with Crippen molar-refractivity contribution in [1.82, 2.24) is 0 Å². The van der Waals surface area contributed by atoms with Crippen molar-refractivity contribution in [2.75, 3.05) is 23.3 Å². The average molecular weight is 487 g/mol. The number of halogens is 1. The third kappa shape index (κ3) is 5.71. The van der Waals surface area contributed by atoms with Crippen LogP contribution in [0.5, 0.6) is 0 Å². The van der Waals surface area contributed by atoms with E-state index in [2.05, 4.69) is 10.1 Å². The van der Waals surface area contributed by atoms with E-state index in [9.17, 15) is 18.0 Å². The number of rotatable bonds is 8. The number of amides is 1. The van der Waals surface area contributed by atoms with Crippen LogP contribution in [0.4, 0.5) is 11.4 Å². The zero-order valence-electron chi connectivity index (χ0n) is 18.1. The lowest BCUT2D eigenvalue weighted by molar-refractivity contribution is -0.114. The zero-order valence-corrected chi connectivity index (χ0v) is 19.7. The van der Waals surface area contributed by atoms with Crippen LogP contribution in [0.1, 0.15) is 22.8 Å². The van der Waals surface area contributed by atoms with Gasteiger partial charge in [-0.2, -0.15) is 0 Å². The van der Waals surface area contributed by atoms with Crippen LogP contribution in [0.3, 0.4) is 0 Å². The van der Waals surface area contributed by atoms with Gasteiger partial charge in [0.25, 0.3) is 10.0 Å². The summed E-state index contributed by atoms with van der Waals surface area (Å²) in [6.45, 7) is 1.49. The molecule has 0 saturated heterocycles. The maximum absolute atomic E-state index is 13.4. The number of methoxy groups -OCH3 is 1. The van der Waals surface area contributed by atoms with Crippen LogP contribution < -0.4 is 9.62 Å². The summed E-state index contributed by atoms with van der Waals surface area (Å²) < 4.78 is 32.5. The van der Waals surface area contributed by atoms with Gasteiger partial charge in [-0.3, -0.25) is 9.10 Å². The quantitative estimate of drug-likeness (QED) is 0.472. The number of hydrogen-bond donors (Lipinski definition) is 1. The number of aryl methyl sites for hydroxylation is 1. The molecule has 3 rings (SSSR count). The van der Waals surface area contributed by atoms with Crippen molar-refractivity contribution in [3.8, 4) is 0 Å². The SMILES string of the molecule is CCc1ccc(N(CC(=O)Nc2cc(C(=O)OC)ccc2Cl)S(=O)(=O)c2ccccc2)cc1. The molecule has 0 aromatic heterocycles. The van der Waals surface area contributed by atoms with Crippen molar-refractivity contribution < 1.29 is 22.7 Å². The number of esters is 1. The van der Waals surface area contributed by atoms with Gasteiger partial charge in [0.2, 0.25) is 5.91 Å². The minimum absolute atomic E-state index is 0.0584. The highest BCUT2D eigenvalue weighted by Crippen LogP contribution is 2.26. The van der Waals surface area contributed by atoms with Gasteiger partial charge in [0, 0.05) is 0 Å². The summed E-state index contributed by atoms with van der Waals surface area (Å²) in [5.41, 5.74) is 1.75. The molecule has 0 aliphatic carbocycles. The molecule has 1 N–H and O–H groups in total. The van der Waals surface area contributed by atoms with Gasteiger partial charge in [0.15, 0.2) is 0 Å². The van der Waals surface area contributed by atoms with Gasteiger partial charge in [-0.25, -0.2) is 13.2 Å². The molecule has 3 aromatic carbocycles.